The van der Waals surface area contributed by atoms with Crippen molar-refractivity contribution in [3.8, 4) is 5.75 Å². The molecule has 2 aromatic rings. The molecule has 0 saturated carbocycles. The lowest BCUT2D eigenvalue weighted by molar-refractivity contribution is 0.476. The Kier molecular flexibility index (Phi) is 3.84. The summed E-state index contributed by atoms with van der Waals surface area (Å²) in [4.78, 5) is 0. The first-order valence-corrected chi connectivity index (χ1v) is 5.99. The summed E-state index contributed by atoms with van der Waals surface area (Å²) in [7, 11) is 0. The molecule has 0 aliphatic heterocycles. The molecule has 0 heterocycles. The minimum atomic E-state index is 0.0304. The van der Waals surface area contributed by atoms with Crippen molar-refractivity contribution in [2.75, 3.05) is 0 Å². The average Bonchev–Trinajstić information content (AvgIpc) is 2.35. The Morgan fingerprint density at radius 3 is 2.50 bits per heavy atom. The zero-order chi connectivity index (χ0) is 13.1. The van der Waals surface area contributed by atoms with E-state index in [1.165, 1.54) is 6.07 Å². The maximum Gasteiger partial charge on any atom is 0.143 e. The van der Waals surface area contributed by atoms with Crippen molar-refractivity contribution in [1.82, 2.24) is 0 Å². The monoisotopic (exact) mass is 280 g/mol. The fraction of sp³-hybridized carbons (Fsp3) is 0.0769. The molecule has 0 bridgehead atoms. The van der Waals surface area contributed by atoms with Crippen molar-refractivity contribution in [3.05, 3.63) is 52.0 Å². The zero-order valence-electron chi connectivity index (χ0n) is 9.56. The largest absolute Gasteiger partial charge is 0.506 e. The lowest BCUT2D eigenvalue weighted by atomic mass is 10.2. The van der Waals surface area contributed by atoms with Gasteiger partial charge < -0.3 is 5.11 Å². The highest BCUT2D eigenvalue weighted by atomic mass is 35.5. The highest BCUT2D eigenvalue weighted by Gasteiger charge is 2.03. The van der Waals surface area contributed by atoms with E-state index in [4.69, 9.17) is 23.2 Å². The van der Waals surface area contributed by atoms with Crippen LogP contribution in [0.25, 0.3) is 0 Å². The molecule has 18 heavy (non-hydrogen) atoms. The number of halogens is 2. The summed E-state index contributed by atoms with van der Waals surface area (Å²) in [5.41, 5.74) is 1.81. The van der Waals surface area contributed by atoms with Gasteiger partial charge in [0.05, 0.1) is 5.69 Å². The second-order valence-electron chi connectivity index (χ2n) is 3.72. The zero-order valence-corrected chi connectivity index (χ0v) is 11.1. The standard InChI is InChI=1S/C13H10Cl2N2O/c1-8-10(15)3-2-4-11(8)16-17-12-7-9(14)5-6-13(12)18/h2-7,18H,1H3. The lowest BCUT2D eigenvalue weighted by Crippen LogP contribution is -1.75. The smallest absolute Gasteiger partial charge is 0.143 e. The van der Waals surface area contributed by atoms with E-state index >= 15 is 0 Å². The Balaban J connectivity index is 2.36. The third-order valence-corrected chi connectivity index (χ3v) is 3.09. The summed E-state index contributed by atoms with van der Waals surface area (Å²) in [6.07, 6.45) is 0. The molecule has 0 fully saturated rings. The number of rotatable bonds is 2. The number of benzene rings is 2. The maximum atomic E-state index is 9.60. The number of aromatic hydroxyl groups is 1. The molecule has 0 aromatic heterocycles. The molecule has 0 radical (unpaired) electrons. The molecule has 92 valence electrons. The van der Waals surface area contributed by atoms with E-state index in [1.54, 1.807) is 30.3 Å². The van der Waals surface area contributed by atoms with Gasteiger partial charge in [-0.3, -0.25) is 0 Å². The minimum Gasteiger partial charge on any atom is -0.506 e. The Morgan fingerprint density at radius 1 is 1.00 bits per heavy atom. The van der Waals surface area contributed by atoms with Crippen molar-refractivity contribution in [3.63, 3.8) is 0 Å². The predicted octanol–water partition coefficient (Wildman–Crippen LogP) is 5.42. The van der Waals surface area contributed by atoms with E-state index in [-0.39, 0.29) is 5.75 Å². The summed E-state index contributed by atoms with van der Waals surface area (Å²) in [6, 6.07) is 9.98. The van der Waals surface area contributed by atoms with Crippen LogP contribution >= 0.6 is 23.2 Å². The van der Waals surface area contributed by atoms with E-state index in [0.717, 1.165) is 5.56 Å². The first kappa shape index (κ1) is 12.9. The minimum absolute atomic E-state index is 0.0304. The normalized spacial score (nSPS) is 11.1. The van der Waals surface area contributed by atoms with E-state index < -0.39 is 0 Å². The molecule has 2 aromatic carbocycles. The van der Waals surface area contributed by atoms with Crippen LogP contribution < -0.4 is 0 Å². The van der Waals surface area contributed by atoms with Gasteiger partial charge in [0.25, 0.3) is 0 Å². The van der Waals surface area contributed by atoms with Gasteiger partial charge in [-0.25, -0.2) is 0 Å². The number of nitrogens with zero attached hydrogens (tertiary/aromatic N) is 2. The Hall–Kier alpha value is -1.58. The van der Waals surface area contributed by atoms with Gasteiger partial charge >= 0.3 is 0 Å². The molecule has 1 N–H and O–H groups in total. The molecular weight excluding hydrogens is 271 g/mol. The molecule has 0 atom stereocenters. The summed E-state index contributed by atoms with van der Waals surface area (Å²) in [6.45, 7) is 1.86. The molecule has 0 aliphatic carbocycles. The van der Waals surface area contributed by atoms with E-state index in [0.29, 0.717) is 21.4 Å². The van der Waals surface area contributed by atoms with Gasteiger partial charge in [0, 0.05) is 10.0 Å². The van der Waals surface area contributed by atoms with Crippen LogP contribution in [0.4, 0.5) is 11.4 Å². The fourth-order valence-electron chi connectivity index (χ4n) is 1.39. The molecule has 0 amide bonds. The highest BCUT2D eigenvalue weighted by Crippen LogP contribution is 2.32. The van der Waals surface area contributed by atoms with E-state index in [1.807, 2.05) is 6.92 Å². The van der Waals surface area contributed by atoms with Crippen molar-refractivity contribution in [2.45, 2.75) is 6.92 Å². The number of azo groups is 1. The first-order valence-electron chi connectivity index (χ1n) is 5.23. The Bertz CT molecular complexity index is 608. The summed E-state index contributed by atoms with van der Waals surface area (Å²) >= 11 is 11.8. The van der Waals surface area contributed by atoms with Crippen LogP contribution in [0.2, 0.25) is 10.0 Å². The van der Waals surface area contributed by atoms with Crippen molar-refractivity contribution < 1.29 is 5.11 Å². The van der Waals surface area contributed by atoms with Crippen LogP contribution in [-0.4, -0.2) is 5.11 Å². The van der Waals surface area contributed by atoms with Gasteiger partial charge in [0.1, 0.15) is 11.4 Å². The van der Waals surface area contributed by atoms with Gasteiger partial charge in [-0.05, 0) is 42.8 Å². The quantitative estimate of drug-likeness (QED) is 0.733. The lowest BCUT2D eigenvalue weighted by Gasteiger charge is -2.01. The summed E-state index contributed by atoms with van der Waals surface area (Å²) in [5.74, 6) is 0.0304. The molecular formula is C13H10Cl2N2O. The molecule has 0 aliphatic rings. The molecule has 2 rings (SSSR count). The van der Waals surface area contributed by atoms with Gasteiger partial charge in [0.2, 0.25) is 0 Å². The van der Waals surface area contributed by atoms with Crippen LogP contribution in [0, 0.1) is 6.92 Å². The number of hydrogen-bond donors (Lipinski definition) is 1. The third kappa shape index (κ3) is 2.81. The van der Waals surface area contributed by atoms with Crippen molar-refractivity contribution in [2.24, 2.45) is 10.2 Å². The molecule has 0 spiro atoms. The van der Waals surface area contributed by atoms with Crippen LogP contribution in [0.3, 0.4) is 0 Å². The Labute approximate surface area is 115 Å². The third-order valence-electron chi connectivity index (χ3n) is 2.44. The molecule has 0 unspecified atom stereocenters. The fourth-order valence-corrected chi connectivity index (χ4v) is 1.72. The maximum absolute atomic E-state index is 9.60. The molecule has 3 nitrogen and oxygen atoms in total. The van der Waals surface area contributed by atoms with Crippen molar-refractivity contribution >= 4 is 34.6 Å². The van der Waals surface area contributed by atoms with Gasteiger partial charge in [-0.2, -0.15) is 5.11 Å². The number of hydrogen-bond acceptors (Lipinski definition) is 3. The summed E-state index contributed by atoms with van der Waals surface area (Å²) < 4.78 is 0. The SMILES string of the molecule is Cc1c(Cl)cccc1N=Nc1cc(Cl)ccc1O. The van der Waals surface area contributed by atoms with E-state index in [9.17, 15) is 5.11 Å². The molecule has 5 heteroatoms. The number of phenols is 1. The van der Waals surface area contributed by atoms with Gasteiger partial charge in [0.15, 0.2) is 0 Å². The second kappa shape index (κ2) is 5.38. The van der Waals surface area contributed by atoms with Gasteiger partial charge in [-0.1, -0.05) is 29.3 Å². The summed E-state index contributed by atoms with van der Waals surface area (Å²) in [5, 5.41) is 18.7. The first-order chi connectivity index (χ1) is 8.58. The Morgan fingerprint density at radius 2 is 1.72 bits per heavy atom. The topological polar surface area (TPSA) is 45.0 Å². The highest BCUT2D eigenvalue weighted by molar-refractivity contribution is 6.31. The van der Waals surface area contributed by atoms with Crippen LogP contribution in [0.15, 0.2) is 46.6 Å². The average molecular weight is 281 g/mol. The van der Waals surface area contributed by atoms with Gasteiger partial charge in [-0.15, -0.1) is 5.11 Å². The van der Waals surface area contributed by atoms with Crippen LogP contribution in [0.1, 0.15) is 5.56 Å². The molecule has 0 saturated heterocycles. The van der Waals surface area contributed by atoms with Crippen molar-refractivity contribution in [1.29, 1.82) is 0 Å². The van der Waals surface area contributed by atoms with Crippen LogP contribution in [0.5, 0.6) is 5.75 Å². The second-order valence-corrected chi connectivity index (χ2v) is 4.56. The van der Waals surface area contributed by atoms with E-state index in [2.05, 4.69) is 10.2 Å². The van der Waals surface area contributed by atoms with Crippen LogP contribution in [-0.2, 0) is 0 Å². The predicted molar refractivity (Wildman–Crippen MR) is 73.5 cm³/mol. The number of phenolic OH excluding ortho intramolecular Hbond substituents is 1.